The van der Waals surface area contributed by atoms with Gasteiger partial charge in [-0.15, -0.1) is 6.42 Å². The van der Waals surface area contributed by atoms with Gasteiger partial charge in [-0.1, -0.05) is 5.92 Å². The second kappa shape index (κ2) is 5.84. The molecule has 0 aromatic heterocycles. The molecule has 4 N–H and O–H groups in total. The number of amides is 1. The fraction of sp³-hybridized carbons (Fsp3) is 0.500. The molecule has 0 bridgehead atoms. The van der Waals surface area contributed by atoms with Crippen molar-refractivity contribution in [3.05, 3.63) is 22.5 Å². The van der Waals surface area contributed by atoms with Crippen LogP contribution in [0, 0.1) is 18.3 Å². The van der Waals surface area contributed by atoms with Crippen molar-refractivity contribution in [2.24, 2.45) is 11.7 Å². The number of rotatable bonds is 5. The summed E-state index contributed by atoms with van der Waals surface area (Å²) in [7, 11) is 1.53. The highest BCUT2D eigenvalue weighted by Gasteiger charge is 2.72. The second-order valence-corrected chi connectivity index (χ2v) is 6.98. The van der Waals surface area contributed by atoms with Crippen LogP contribution in [0.15, 0.2) is 22.5 Å². The van der Waals surface area contributed by atoms with Crippen LogP contribution >= 0.6 is 0 Å². The first-order valence-electron chi connectivity index (χ1n) is 8.61. The van der Waals surface area contributed by atoms with Crippen molar-refractivity contribution < 1.29 is 23.9 Å². The molecule has 2 saturated heterocycles. The van der Waals surface area contributed by atoms with E-state index in [4.69, 9.17) is 21.6 Å². The zero-order valence-electron chi connectivity index (χ0n) is 15.0. The van der Waals surface area contributed by atoms with Crippen molar-refractivity contribution in [3.63, 3.8) is 0 Å². The van der Waals surface area contributed by atoms with E-state index in [0.29, 0.717) is 17.8 Å². The lowest BCUT2D eigenvalue weighted by Crippen LogP contribution is -2.55. The molecule has 3 aliphatic heterocycles. The number of piperazine rings is 1. The van der Waals surface area contributed by atoms with Gasteiger partial charge in [0.15, 0.2) is 5.72 Å². The molecule has 9 nitrogen and oxygen atoms in total. The number of terminal acetylenes is 1. The fourth-order valence-electron chi connectivity index (χ4n) is 4.64. The van der Waals surface area contributed by atoms with Gasteiger partial charge in [-0.2, -0.15) is 0 Å². The Kier molecular flexibility index (Phi) is 3.80. The zero-order valence-corrected chi connectivity index (χ0v) is 15.0. The van der Waals surface area contributed by atoms with Gasteiger partial charge in [0.1, 0.15) is 6.61 Å². The van der Waals surface area contributed by atoms with E-state index >= 15 is 0 Å². The number of carbonyl (C=O) groups excluding carboxylic acids is 3. The summed E-state index contributed by atoms with van der Waals surface area (Å²) in [4.78, 5) is 39.4. The zero-order chi connectivity index (χ0) is 19.5. The number of nitrogens with two attached hydrogens (primary N) is 1. The van der Waals surface area contributed by atoms with Gasteiger partial charge in [-0.3, -0.25) is 9.59 Å². The molecule has 1 aliphatic carbocycles. The molecule has 0 aromatic carbocycles. The summed E-state index contributed by atoms with van der Waals surface area (Å²) in [5.74, 6) is 1.16. The highest BCUT2D eigenvalue weighted by Crippen LogP contribution is 2.55. The summed E-state index contributed by atoms with van der Waals surface area (Å²) >= 11 is 0. The van der Waals surface area contributed by atoms with E-state index < -0.39 is 17.7 Å². The van der Waals surface area contributed by atoms with Crippen molar-refractivity contribution in [1.29, 1.82) is 0 Å². The largest absolute Gasteiger partial charge is 0.449 e. The summed E-state index contributed by atoms with van der Waals surface area (Å²) in [6, 6.07) is 0.0841. The first kappa shape index (κ1) is 17.6. The average molecular weight is 372 g/mol. The number of fused-ring (bicyclic) bond motifs is 4. The van der Waals surface area contributed by atoms with Crippen LogP contribution in [0.3, 0.4) is 0 Å². The number of primary amides is 1. The van der Waals surface area contributed by atoms with Crippen LogP contribution in [-0.2, 0) is 19.1 Å². The molecular formula is C18H20N4O5. The van der Waals surface area contributed by atoms with Crippen molar-refractivity contribution >= 4 is 17.7 Å². The predicted molar refractivity (Wildman–Crippen MR) is 92.8 cm³/mol. The number of Topliss-reactive ketones (excluding diaryl/α,β-unsaturated/α-hetero) is 2. The number of ether oxygens (including phenoxy) is 2. The van der Waals surface area contributed by atoms with Gasteiger partial charge in [-0.25, -0.2) is 4.79 Å². The van der Waals surface area contributed by atoms with Crippen LogP contribution in [0.1, 0.15) is 6.92 Å². The van der Waals surface area contributed by atoms with Crippen molar-refractivity contribution in [3.8, 4) is 12.3 Å². The van der Waals surface area contributed by atoms with E-state index in [1.807, 2.05) is 4.90 Å². The Balaban J connectivity index is 1.80. The standard InChI is InChI=1S/C18H20N4O5/c1-4-5-20-12-8(2)14(23)13-11(15(12)24)9(7-27-17(19)25)18(26-3)16-10(21-16)6-22(13)18/h1,9-10,16,20-21H,5-7H2,2-3H3,(H2,19,25)/t9-,10+,16+,18-/m1/s1. The third-order valence-electron chi connectivity index (χ3n) is 5.80. The lowest BCUT2D eigenvalue weighted by molar-refractivity contribution is -0.137. The van der Waals surface area contributed by atoms with Crippen LogP contribution in [0.5, 0.6) is 0 Å². The molecule has 0 saturated carbocycles. The topological polar surface area (TPSA) is 133 Å². The number of methoxy groups -OCH3 is 1. The van der Waals surface area contributed by atoms with Gasteiger partial charge in [-0.05, 0) is 6.92 Å². The number of hydrogen-bond donors (Lipinski definition) is 3. The van der Waals surface area contributed by atoms with Crippen LogP contribution in [0.25, 0.3) is 0 Å². The second-order valence-electron chi connectivity index (χ2n) is 6.98. The molecule has 4 aliphatic rings. The van der Waals surface area contributed by atoms with Gasteiger partial charge in [0.05, 0.1) is 29.9 Å². The van der Waals surface area contributed by atoms with Crippen LogP contribution in [0.4, 0.5) is 4.79 Å². The third kappa shape index (κ3) is 2.17. The van der Waals surface area contributed by atoms with Gasteiger partial charge in [0.2, 0.25) is 11.6 Å². The number of nitrogens with zero attached hydrogens (tertiary/aromatic N) is 1. The number of allylic oxidation sites excluding steroid dienone is 2. The maximum Gasteiger partial charge on any atom is 0.404 e. The molecule has 2 fully saturated rings. The maximum atomic E-state index is 13.3. The van der Waals surface area contributed by atoms with E-state index in [2.05, 4.69) is 16.6 Å². The Morgan fingerprint density at radius 3 is 2.85 bits per heavy atom. The Hall–Kier alpha value is -2.83. The molecule has 27 heavy (non-hydrogen) atoms. The van der Waals surface area contributed by atoms with Gasteiger partial charge >= 0.3 is 6.09 Å². The predicted octanol–water partition coefficient (Wildman–Crippen LogP) is -1.39. The van der Waals surface area contributed by atoms with E-state index in [9.17, 15) is 14.4 Å². The Labute approximate surface area is 155 Å². The number of ketones is 2. The number of hydrogen-bond acceptors (Lipinski definition) is 8. The lowest BCUT2D eigenvalue weighted by atomic mass is 9.82. The summed E-state index contributed by atoms with van der Waals surface area (Å²) in [6.07, 6.45) is 4.32. The molecule has 142 valence electrons. The molecule has 1 amide bonds. The Morgan fingerprint density at radius 1 is 1.48 bits per heavy atom. The van der Waals surface area contributed by atoms with Crippen LogP contribution in [-0.4, -0.2) is 67.2 Å². The average Bonchev–Trinajstić information content (AvgIpc) is 3.24. The van der Waals surface area contributed by atoms with Crippen molar-refractivity contribution in [1.82, 2.24) is 15.5 Å². The maximum absolute atomic E-state index is 13.3. The van der Waals surface area contributed by atoms with E-state index in [0.717, 1.165) is 0 Å². The molecule has 0 aromatic rings. The summed E-state index contributed by atoms with van der Waals surface area (Å²) in [5.41, 5.74) is 5.24. The molecule has 3 heterocycles. The minimum atomic E-state index is -0.974. The third-order valence-corrected chi connectivity index (χ3v) is 5.80. The Bertz CT molecular complexity index is 869. The number of nitrogens with one attached hydrogen (secondary N) is 2. The molecule has 4 rings (SSSR count). The summed E-state index contributed by atoms with van der Waals surface area (Å²) < 4.78 is 10.9. The van der Waals surface area contributed by atoms with Gasteiger partial charge in [0.25, 0.3) is 0 Å². The minimum Gasteiger partial charge on any atom is -0.449 e. The minimum absolute atomic E-state index is 0.0717. The molecule has 9 heteroatoms. The SMILES string of the molecule is C#CCNC1=C(C)C(=O)C2=C(C1=O)[C@@H](COC(N)=O)[C@@]1(OC)[C@H]3N[C@H]3CN21. The summed E-state index contributed by atoms with van der Waals surface area (Å²) in [6.45, 7) is 2.08. The van der Waals surface area contributed by atoms with E-state index in [-0.39, 0.29) is 48.1 Å². The smallest absolute Gasteiger partial charge is 0.404 e. The van der Waals surface area contributed by atoms with Crippen molar-refractivity contribution in [2.75, 3.05) is 26.8 Å². The molecule has 0 unspecified atom stereocenters. The van der Waals surface area contributed by atoms with Crippen LogP contribution in [0.2, 0.25) is 0 Å². The lowest BCUT2D eigenvalue weighted by Gasteiger charge is -2.39. The molecule has 4 atom stereocenters. The highest BCUT2D eigenvalue weighted by molar-refractivity contribution is 6.25. The van der Waals surface area contributed by atoms with Gasteiger partial charge in [0, 0.05) is 30.8 Å². The number of carbonyl (C=O) groups is 3. The highest BCUT2D eigenvalue weighted by atomic mass is 16.6. The molecular weight excluding hydrogens is 352 g/mol. The fourth-order valence-corrected chi connectivity index (χ4v) is 4.64. The summed E-state index contributed by atoms with van der Waals surface area (Å²) in [5, 5.41) is 6.15. The molecule has 0 radical (unpaired) electrons. The normalized spacial score (nSPS) is 33.5. The quantitative estimate of drug-likeness (QED) is 0.305. The van der Waals surface area contributed by atoms with E-state index in [1.165, 1.54) is 7.11 Å². The van der Waals surface area contributed by atoms with E-state index in [1.54, 1.807) is 6.92 Å². The van der Waals surface area contributed by atoms with Crippen LogP contribution < -0.4 is 16.4 Å². The first-order chi connectivity index (χ1) is 12.9. The monoisotopic (exact) mass is 372 g/mol. The molecule has 0 spiro atoms. The first-order valence-corrected chi connectivity index (χ1v) is 8.61. The van der Waals surface area contributed by atoms with Crippen molar-refractivity contribution in [2.45, 2.75) is 24.7 Å². The van der Waals surface area contributed by atoms with Gasteiger partial charge < -0.3 is 30.7 Å². The Morgan fingerprint density at radius 2 is 2.22 bits per heavy atom.